The molecule has 1 heterocycles. The Balaban J connectivity index is 2.57. The van der Waals surface area contributed by atoms with Gasteiger partial charge in [-0.15, -0.1) is 0 Å². The summed E-state index contributed by atoms with van der Waals surface area (Å²) >= 11 is 0. The largest absolute Gasteiger partial charge is 0.480 e. The molecule has 1 fully saturated rings. The molecule has 0 saturated carbocycles. The highest BCUT2D eigenvalue weighted by Gasteiger charge is 2.28. The van der Waals surface area contributed by atoms with E-state index in [1.807, 2.05) is 0 Å². The number of nitrogens with one attached hydrogen (secondary N) is 1. The summed E-state index contributed by atoms with van der Waals surface area (Å²) in [4.78, 5) is 11.2. The minimum Gasteiger partial charge on any atom is -0.480 e. The molecule has 0 aromatic rings. The first-order valence-electron chi connectivity index (χ1n) is 7.01. The van der Waals surface area contributed by atoms with Crippen LogP contribution in [-0.4, -0.2) is 36.9 Å². The van der Waals surface area contributed by atoms with Gasteiger partial charge >= 0.3 is 5.97 Å². The number of carbonyl (C=O) groups is 1. The fourth-order valence-electron chi connectivity index (χ4n) is 1.89. The van der Waals surface area contributed by atoms with Crippen LogP contribution in [0.15, 0.2) is 11.6 Å². The predicted molar refractivity (Wildman–Crippen MR) is 75.8 cm³/mol. The van der Waals surface area contributed by atoms with Crippen LogP contribution in [0.1, 0.15) is 40.0 Å². The molecule has 0 aromatic heterocycles. The number of carboxylic acid groups (broad SMARTS) is 1. The molecule has 0 aliphatic carbocycles. The van der Waals surface area contributed by atoms with Crippen molar-refractivity contribution in [3.8, 4) is 0 Å². The summed E-state index contributed by atoms with van der Waals surface area (Å²) in [7, 11) is 0. The fourth-order valence-corrected chi connectivity index (χ4v) is 1.89. The van der Waals surface area contributed by atoms with Gasteiger partial charge in [0.05, 0.1) is 18.9 Å². The molecule has 1 rings (SSSR count). The van der Waals surface area contributed by atoms with Gasteiger partial charge in [0, 0.05) is 5.41 Å². The monoisotopic (exact) mass is 286 g/mol. The fraction of sp³-hybridized carbons (Fsp3) is 0.786. The van der Waals surface area contributed by atoms with Crippen molar-refractivity contribution >= 4 is 5.97 Å². The highest BCUT2D eigenvalue weighted by molar-refractivity contribution is 5.73. The molecule has 1 atom stereocenters. The zero-order chi connectivity index (χ0) is 15.2. The van der Waals surface area contributed by atoms with E-state index in [0.717, 1.165) is 12.8 Å². The third-order valence-corrected chi connectivity index (χ3v) is 3.13. The van der Waals surface area contributed by atoms with Gasteiger partial charge in [-0.25, -0.2) is 4.79 Å². The number of unbranched alkanes of at least 4 members (excludes halogenated alkanes) is 1. The zero-order valence-corrected chi connectivity index (χ0v) is 12.6. The molecule has 0 bridgehead atoms. The summed E-state index contributed by atoms with van der Waals surface area (Å²) < 4.78 is 11.1. The van der Waals surface area contributed by atoms with Crippen LogP contribution in [0.3, 0.4) is 0 Å². The third-order valence-electron chi connectivity index (χ3n) is 3.13. The minimum atomic E-state index is -0.877. The second kappa shape index (κ2) is 7.38. The van der Waals surface area contributed by atoms with Gasteiger partial charge < -0.3 is 25.6 Å². The Hall–Kier alpha value is -1.43. The SMILES string of the molecule is CC(N[C@@H](CCCCN)C(=O)O)=C1OCC(C)(C)CO1. The smallest absolute Gasteiger partial charge is 0.326 e. The van der Waals surface area contributed by atoms with E-state index in [0.29, 0.717) is 37.8 Å². The van der Waals surface area contributed by atoms with Crippen molar-refractivity contribution in [3.63, 3.8) is 0 Å². The topological polar surface area (TPSA) is 93.8 Å². The molecule has 4 N–H and O–H groups in total. The van der Waals surface area contributed by atoms with Crippen molar-refractivity contribution in [2.24, 2.45) is 11.1 Å². The maximum Gasteiger partial charge on any atom is 0.326 e. The van der Waals surface area contributed by atoms with Crippen LogP contribution in [0, 0.1) is 5.41 Å². The highest BCUT2D eigenvalue weighted by Crippen LogP contribution is 2.25. The van der Waals surface area contributed by atoms with Crippen molar-refractivity contribution in [2.75, 3.05) is 19.8 Å². The zero-order valence-electron chi connectivity index (χ0n) is 12.6. The Morgan fingerprint density at radius 1 is 1.40 bits per heavy atom. The van der Waals surface area contributed by atoms with Gasteiger partial charge in [0.2, 0.25) is 0 Å². The second-order valence-electron chi connectivity index (χ2n) is 5.97. The Morgan fingerprint density at radius 3 is 2.50 bits per heavy atom. The molecule has 0 spiro atoms. The van der Waals surface area contributed by atoms with Gasteiger partial charge in [-0.2, -0.15) is 0 Å². The van der Waals surface area contributed by atoms with Crippen LogP contribution in [0.25, 0.3) is 0 Å². The average Bonchev–Trinajstić information content (AvgIpc) is 2.37. The molecular weight excluding hydrogens is 260 g/mol. The molecule has 0 radical (unpaired) electrons. The average molecular weight is 286 g/mol. The summed E-state index contributed by atoms with van der Waals surface area (Å²) in [5, 5.41) is 12.2. The highest BCUT2D eigenvalue weighted by atomic mass is 16.7. The maximum atomic E-state index is 11.2. The van der Waals surface area contributed by atoms with E-state index in [9.17, 15) is 9.90 Å². The molecule has 1 aliphatic rings. The van der Waals surface area contributed by atoms with E-state index in [2.05, 4.69) is 19.2 Å². The molecular formula is C14H26N2O4. The molecule has 0 unspecified atom stereocenters. The summed E-state index contributed by atoms with van der Waals surface area (Å²) in [6.45, 7) is 7.58. The van der Waals surface area contributed by atoms with Gasteiger partial charge in [0.1, 0.15) is 6.04 Å². The lowest BCUT2D eigenvalue weighted by Gasteiger charge is -2.32. The Kier molecular flexibility index (Phi) is 6.13. The van der Waals surface area contributed by atoms with Crippen molar-refractivity contribution < 1.29 is 19.4 Å². The Bertz CT molecular complexity index is 354. The van der Waals surface area contributed by atoms with Gasteiger partial charge in [0.25, 0.3) is 5.95 Å². The van der Waals surface area contributed by atoms with Gasteiger partial charge in [0.15, 0.2) is 0 Å². The summed E-state index contributed by atoms with van der Waals surface area (Å²) in [6.07, 6.45) is 2.13. The third kappa shape index (κ3) is 5.28. The molecule has 0 aromatic carbocycles. The lowest BCUT2D eigenvalue weighted by Crippen LogP contribution is -2.38. The van der Waals surface area contributed by atoms with Crippen molar-refractivity contribution in [2.45, 2.75) is 46.1 Å². The first-order valence-corrected chi connectivity index (χ1v) is 7.01. The summed E-state index contributed by atoms with van der Waals surface area (Å²) in [5.41, 5.74) is 6.03. The molecule has 1 saturated heterocycles. The standard InChI is InChI=1S/C14H26N2O4/c1-10(13-19-8-14(2,3)9-20-13)16-11(12(17)18)6-4-5-7-15/h11,16H,4-9,15H2,1-3H3,(H,17,18)/t11-/m0/s1. The predicted octanol–water partition coefficient (Wildman–Crippen LogP) is 1.42. The summed E-state index contributed by atoms with van der Waals surface area (Å²) in [6, 6.07) is -0.642. The van der Waals surface area contributed by atoms with E-state index >= 15 is 0 Å². The van der Waals surface area contributed by atoms with Gasteiger partial charge in [-0.05, 0) is 32.7 Å². The number of hydrogen-bond acceptors (Lipinski definition) is 5. The second-order valence-corrected chi connectivity index (χ2v) is 5.97. The van der Waals surface area contributed by atoms with Crippen molar-refractivity contribution in [3.05, 3.63) is 11.6 Å². The van der Waals surface area contributed by atoms with E-state index < -0.39 is 12.0 Å². The number of aliphatic carboxylic acids is 1. The van der Waals surface area contributed by atoms with E-state index in [4.69, 9.17) is 15.2 Å². The molecule has 6 heteroatoms. The lowest BCUT2D eigenvalue weighted by molar-refractivity contribution is -0.139. The van der Waals surface area contributed by atoms with Gasteiger partial charge in [-0.1, -0.05) is 13.8 Å². The number of rotatable bonds is 7. The number of hydrogen-bond donors (Lipinski definition) is 3. The van der Waals surface area contributed by atoms with Crippen molar-refractivity contribution in [1.29, 1.82) is 0 Å². The van der Waals surface area contributed by atoms with Crippen LogP contribution in [0.2, 0.25) is 0 Å². The van der Waals surface area contributed by atoms with E-state index in [1.54, 1.807) is 6.92 Å². The van der Waals surface area contributed by atoms with Crippen LogP contribution in [0.4, 0.5) is 0 Å². The lowest BCUT2D eigenvalue weighted by atomic mass is 9.96. The molecule has 116 valence electrons. The van der Waals surface area contributed by atoms with Crippen LogP contribution < -0.4 is 11.1 Å². The van der Waals surface area contributed by atoms with E-state index in [1.165, 1.54) is 0 Å². The number of ether oxygens (including phenoxy) is 2. The maximum absolute atomic E-state index is 11.2. The Morgan fingerprint density at radius 2 is 2.00 bits per heavy atom. The Labute approximate surface area is 120 Å². The number of allylic oxidation sites excluding steroid dienone is 1. The van der Waals surface area contributed by atoms with Crippen LogP contribution in [-0.2, 0) is 14.3 Å². The molecule has 0 amide bonds. The molecule has 6 nitrogen and oxygen atoms in total. The van der Waals surface area contributed by atoms with E-state index in [-0.39, 0.29) is 5.41 Å². The van der Waals surface area contributed by atoms with Gasteiger partial charge in [-0.3, -0.25) is 0 Å². The first-order chi connectivity index (χ1) is 9.35. The van der Waals surface area contributed by atoms with Crippen molar-refractivity contribution in [1.82, 2.24) is 5.32 Å². The first kappa shape index (κ1) is 16.6. The normalized spacial score (nSPS) is 18.7. The molecule has 20 heavy (non-hydrogen) atoms. The van der Waals surface area contributed by atoms with Crippen LogP contribution in [0.5, 0.6) is 0 Å². The number of nitrogens with two attached hydrogens (primary N) is 1. The minimum absolute atomic E-state index is 0.0168. The van der Waals surface area contributed by atoms with Crippen LogP contribution >= 0.6 is 0 Å². The summed E-state index contributed by atoms with van der Waals surface area (Å²) in [5.74, 6) is -0.479. The number of carboxylic acids is 1. The quantitative estimate of drug-likeness (QED) is 0.613. The molecule has 1 aliphatic heterocycles.